The molecule has 0 bridgehead atoms. The van der Waals surface area contributed by atoms with Crippen LogP contribution in [0, 0.1) is 5.92 Å². The summed E-state index contributed by atoms with van der Waals surface area (Å²) in [6.45, 7) is 0. The number of benzene rings is 1. The Kier molecular flexibility index (Phi) is 3.92. The maximum Gasteiger partial charge on any atom is 0.326 e. The van der Waals surface area contributed by atoms with E-state index in [1.165, 1.54) is 0 Å². The molecular formula is C12H11BrClNO3. The van der Waals surface area contributed by atoms with Crippen LogP contribution in [0.15, 0.2) is 22.7 Å². The van der Waals surface area contributed by atoms with Gasteiger partial charge < -0.3 is 10.4 Å². The van der Waals surface area contributed by atoms with Crippen LogP contribution in [0.3, 0.4) is 0 Å². The Morgan fingerprint density at radius 3 is 2.67 bits per heavy atom. The molecule has 1 atom stereocenters. The van der Waals surface area contributed by atoms with E-state index in [1.807, 2.05) is 0 Å². The summed E-state index contributed by atoms with van der Waals surface area (Å²) in [4.78, 5) is 23.0. The molecule has 1 saturated carbocycles. The van der Waals surface area contributed by atoms with Crippen molar-refractivity contribution in [1.82, 2.24) is 5.32 Å². The van der Waals surface area contributed by atoms with Crippen molar-refractivity contribution in [2.45, 2.75) is 18.9 Å². The van der Waals surface area contributed by atoms with Crippen molar-refractivity contribution < 1.29 is 14.7 Å². The molecule has 0 aliphatic heterocycles. The van der Waals surface area contributed by atoms with Crippen LogP contribution < -0.4 is 5.32 Å². The minimum Gasteiger partial charge on any atom is -0.480 e. The van der Waals surface area contributed by atoms with Crippen LogP contribution in [0.25, 0.3) is 0 Å². The Morgan fingerprint density at radius 2 is 2.11 bits per heavy atom. The number of nitrogens with one attached hydrogen (secondary N) is 1. The molecule has 1 fully saturated rings. The van der Waals surface area contributed by atoms with Crippen molar-refractivity contribution in [3.63, 3.8) is 0 Å². The standard InChI is InChI=1S/C12H11BrClNO3/c13-8-3-1-2-7(9(8)14)11(16)15-10(12(17)18)6-4-5-6/h1-3,6,10H,4-5H2,(H,15,16)(H,17,18). The van der Waals surface area contributed by atoms with Gasteiger partial charge in [0.05, 0.1) is 10.6 Å². The molecule has 0 radical (unpaired) electrons. The number of halogens is 2. The molecule has 1 aliphatic carbocycles. The van der Waals surface area contributed by atoms with Crippen molar-refractivity contribution in [2.75, 3.05) is 0 Å². The Morgan fingerprint density at radius 1 is 1.44 bits per heavy atom. The Balaban J connectivity index is 2.16. The average Bonchev–Trinajstić information content (AvgIpc) is 3.13. The topological polar surface area (TPSA) is 66.4 Å². The molecule has 0 saturated heterocycles. The molecule has 18 heavy (non-hydrogen) atoms. The molecule has 4 nitrogen and oxygen atoms in total. The van der Waals surface area contributed by atoms with Gasteiger partial charge in [0.2, 0.25) is 0 Å². The van der Waals surface area contributed by atoms with Gasteiger partial charge in [0.1, 0.15) is 6.04 Å². The number of carbonyl (C=O) groups excluding carboxylic acids is 1. The first-order chi connectivity index (χ1) is 8.50. The fraction of sp³-hybridized carbons (Fsp3) is 0.333. The van der Waals surface area contributed by atoms with Gasteiger partial charge in [-0.3, -0.25) is 4.79 Å². The monoisotopic (exact) mass is 331 g/mol. The molecule has 1 aromatic rings. The highest BCUT2D eigenvalue weighted by atomic mass is 79.9. The van der Waals surface area contributed by atoms with E-state index in [4.69, 9.17) is 16.7 Å². The number of amides is 1. The van der Waals surface area contributed by atoms with Crippen LogP contribution in [-0.2, 0) is 4.79 Å². The van der Waals surface area contributed by atoms with E-state index >= 15 is 0 Å². The van der Waals surface area contributed by atoms with Gasteiger partial charge in [-0.15, -0.1) is 0 Å². The lowest BCUT2D eigenvalue weighted by atomic mass is 10.1. The molecule has 1 unspecified atom stereocenters. The zero-order chi connectivity index (χ0) is 13.3. The lowest BCUT2D eigenvalue weighted by molar-refractivity contribution is -0.139. The minimum atomic E-state index is -1.00. The molecule has 1 aliphatic rings. The van der Waals surface area contributed by atoms with Gasteiger partial charge in [-0.2, -0.15) is 0 Å². The van der Waals surface area contributed by atoms with Gasteiger partial charge in [0.25, 0.3) is 5.91 Å². The average molecular weight is 333 g/mol. The first kappa shape index (κ1) is 13.4. The highest BCUT2D eigenvalue weighted by Crippen LogP contribution is 2.33. The van der Waals surface area contributed by atoms with Crippen LogP contribution in [0.4, 0.5) is 0 Å². The molecular weight excluding hydrogens is 321 g/mol. The number of rotatable bonds is 4. The summed E-state index contributed by atoms with van der Waals surface area (Å²) >= 11 is 9.21. The second-order valence-electron chi connectivity index (χ2n) is 4.23. The second-order valence-corrected chi connectivity index (χ2v) is 5.46. The summed E-state index contributed by atoms with van der Waals surface area (Å²) in [7, 11) is 0. The fourth-order valence-electron chi connectivity index (χ4n) is 1.71. The molecule has 2 rings (SSSR count). The minimum absolute atomic E-state index is 0.0392. The third kappa shape index (κ3) is 2.84. The van der Waals surface area contributed by atoms with Crippen molar-refractivity contribution in [3.8, 4) is 0 Å². The Bertz CT molecular complexity index is 502. The maximum atomic E-state index is 12.0. The molecule has 1 aromatic carbocycles. The molecule has 1 amide bonds. The second kappa shape index (κ2) is 5.28. The van der Waals surface area contributed by atoms with Gasteiger partial charge in [0.15, 0.2) is 0 Å². The quantitative estimate of drug-likeness (QED) is 0.891. The number of carboxylic acid groups (broad SMARTS) is 1. The third-order valence-electron chi connectivity index (χ3n) is 2.84. The zero-order valence-electron chi connectivity index (χ0n) is 9.32. The zero-order valence-corrected chi connectivity index (χ0v) is 11.7. The van der Waals surface area contributed by atoms with Crippen molar-refractivity contribution >= 4 is 39.4 Å². The van der Waals surface area contributed by atoms with E-state index in [-0.39, 0.29) is 16.5 Å². The summed E-state index contributed by atoms with van der Waals surface area (Å²) in [5, 5.41) is 11.9. The summed E-state index contributed by atoms with van der Waals surface area (Å²) in [5.74, 6) is -1.42. The maximum absolute atomic E-state index is 12.0. The van der Waals surface area contributed by atoms with Gasteiger partial charge >= 0.3 is 5.97 Å². The SMILES string of the molecule is O=C(NC(C(=O)O)C1CC1)c1cccc(Br)c1Cl. The largest absolute Gasteiger partial charge is 0.480 e. The van der Waals surface area contributed by atoms with E-state index in [0.717, 1.165) is 12.8 Å². The number of hydrogen-bond acceptors (Lipinski definition) is 2. The summed E-state index contributed by atoms with van der Waals surface area (Å²) in [5.41, 5.74) is 0.276. The third-order valence-corrected chi connectivity index (χ3v) is 4.14. The lowest BCUT2D eigenvalue weighted by Gasteiger charge is -2.14. The lowest BCUT2D eigenvalue weighted by Crippen LogP contribution is -2.42. The summed E-state index contributed by atoms with van der Waals surface area (Å²) in [6, 6.07) is 4.13. The molecule has 6 heteroatoms. The first-order valence-corrected chi connectivity index (χ1v) is 6.65. The predicted octanol–water partition coefficient (Wildman–Crippen LogP) is 2.70. The number of carbonyl (C=O) groups is 2. The van der Waals surface area contributed by atoms with Crippen LogP contribution >= 0.6 is 27.5 Å². The molecule has 0 aromatic heterocycles. The molecule has 96 valence electrons. The molecule has 2 N–H and O–H groups in total. The number of aliphatic carboxylic acids is 1. The van der Waals surface area contributed by atoms with Gasteiger partial charge in [0, 0.05) is 4.47 Å². The van der Waals surface area contributed by atoms with Gasteiger partial charge in [-0.1, -0.05) is 17.7 Å². The van der Waals surface area contributed by atoms with Crippen molar-refractivity contribution in [2.24, 2.45) is 5.92 Å². The molecule has 0 spiro atoms. The highest BCUT2D eigenvalue weighted by molar-refractivity contribution is 9.10. The normalized spacial score (nSPS) is 16.1. The number of hydrogen-bond donors (Lipinski definition) is 2. The van der Waals surface area contributed by atoms with Gasteiger partial charge in [-0.25, -0.2) is 4.79 Å². The number of carboxylic acids is 1. The summed E-state index contributed by atoms with van der Waals surface area (Å²) < 4.78 is 0.607. The van der Waals surface area contributed by atoms with E-state index < -0.39 is 17.9 Å². The van der Waals surface area contributed by atoms with Gasteiger partial charge in [-0.05, 0) is 46.8 Å². The predicted molar refractivity (Wildman–Crippen MR) is 70.8 cm³/mol. The fourth-order valence-corrected chi connectivity index (χ4v) is 2.29. The summed E-state index contributed by atoms with van der Waals surface area (Å²) in [6.07, 6.45) is 1.67. The highest BCUT2D eigenvalue weighted by Gasteiger charge is 2.37. The van der Waals surface area contributed by atoms with Crippen molar-refractivity contribution in [1.29, 1.82) is 0 Å². The first-order valence-electron chi connectivity index (χ1n) is 5.48. The Hall–Kier alpha value is -1.07. The van der Waals surface area contributed by atoms with Crippen LogP contribution in [0.5, 0.6) is 0 Å². The molecule has 0 heterocycles. The van der Waals surface area contributed by atoms with E-state index in [9.17, 15) is 9.59 Å². The smallest absolute Gasteiger partial charge is 0.326 e. The van der Waals surface area contributed by atoms with Crippen LogP contribution in [0.1, 0.15) is 23.2 Å². The van der Waals surface area contributed by atoms with Crippen LogP contribution in [0.2, 0.25) is 5.02 Å². The Labute approximate surface area is 117 Å². The van der Waals surface area contributed by atoms with Crippen LogP contribution in [-0.4, -0.2) is 23.0 Å². The van der Waals surface area contributed by atoms with E-state index in [0.29, 0.717) is 4.47 Å². The van der Waals surface area contributed by atoms with Crippen molar-refractivity contribution in [3.05, 3.63) is 33.3 Å². The van der Waals surface area contributed by atoms with E-state index in [1.54, 1.807) is 18.2 Å². The van der Waals surface area contributed by atoms with E-state index in [2.05, 4.69) is 21.2 Å².